The summed E-state index contributed by atoms with van der Waals surface area (Å²) in [4.78, 5) is 17.1. The van der Waals surface area contributed by atoms with Crippen LogP contribution in [0.4, 0.5) is 10.8 Å². The van der Waals surface area contributed by atoms with Crippen molar-refractivity contribution < 1.29 is 4.79 Å². The maximum Gasteiger partial charge on any atom is 0.258 e. The minimum absolute atomic E-state index is 0.0654. The van der Waals surface area contributed by atoms with E-state index >= 15 is 0 Å². The second-order valence-electron chi connectivity index (χ2n) is 5.92. The molecule has 1 aliphatic carbocycles. The number of carbonyl (C=O) groups excluding carboxylic acids is 1. The number of nitrogens with zero attached hydrogens (tertiary/aromatic N) is 3. The number of hydrogen-bond acceptors (Lipinski definition) is 6. The summed E-state index contributed by atoms with van der Waals surface area (Å²) in [6.45, 7) is 8.33. The summed E-state index contributed by atoms with van der Waals surface area (Å²) in [6.07, 6.45) is 2.15. The fourth-order valence-electron chi connectivity index (χ4n) is 2.86. The van der Waals surface area contributed by atoms with Gasteiger partial charge in [0.15, 0.2) is 5.82 Å². The SMILES string of the molecule is CCN1CCN(c2snc(N)c2C(=O)NC2CC2)CC1C. The van der Waals surface area contributed by atoms with E-state index in [4.69, 9.17) is 5.73 Å². The smallest absolute Gasteiger partial charge is 0.258 e. The molecule has 1 unspecified atom stereocenters. The van der Waals surface area contributed by atoms with Crippen LogP contribution in [0.1, 0.15) is 37.0 Å². The molecule has 7 heteroatoms. The number of amides is 1. The Kier molecular flexibility index (Phi) is 4.03. The van der Waals surface area contributed by atoms with Gasteiger partial charge >= 0.3 is 0 Å². The van der Waals surface area contributed by atoms with Crippen LogP contribution in [0.2, 0.25) is 0 Å². The molecule has 1 aliphatic heterocycles. The van der Waals surface area contributed by atoms with Gasteiger partial charge in [0.05, 0.1) is 0 Å². The summed E-state index contributed by atoms with van der Waals surface area (Å²) in [5, 5.41) is 3.94. The number of hydrogen-bond donors (Lipinski definition) is 2. The Bertz CT molecular complexity index is 527. The predicted molar refractivity (Wildman–Crippen MR) is 85.9 cm³/mol. The molecule has 1 saturated carbocycles. The van der Waals surface area contributed by atoms with Crippen molar-refractivity contribution in [1.82, 2.24) is 14.6 Å². The minimum Gasteiger partial charge on any atom is -0.382 e. The first-order chi connectivity index (χ1) is 10.1. The Balaban J connectivity index is 1.77. The lowest BCUT2D eigenvalue weighted by atomic mass is 10.1. The van der Waals surface area contributed by atoms with E-state index in [1.807, 2.05) is 0 Å². The van der Waals surface area contributed by atoms with Crippen molar-refractivity contribution in [2.45, 2.75) is 38.8 Å². The summed E-state index contributed by atoms with van der Waals surface area (Å²) < 4.78 is 4.21. The Morgan fingerprint density at radius 2 is 2.24 bits per heavy atom. The molecule has 6 nitrogen and oxygen atoms in total. The van der Waals surface area contributed by atoms with E-state index in [0.29, 0.717) is 23.5 Å². The molecule has 0 radical (unpaired) electrons. The maximum atomic E-state index is 12.4. The monoisotopic (exact) mass is 309 g/mol. The molecule has 21 heavy (non-hydrogen) atoms. The Morgan fingerprint density at radius 3 is 2.86 bits per heavy atom. The summed E-state index contributed by atoms with van der Waals surface area (Å²) in [5.41, 5.74) is 6.51. The van der Waals surface area contributed by atoms with E-state index in [0.717, 1.165) is 44.0 Å². The fraction of sp³-hybridized carbons (Fsp3) is 0.714. The van der Waals surface area contributed by atoms with Crippen molar-refractivity contribution in [3.8, 4) is 0 Å². The van der Waals surface area contributed by atoms with Crippen LogP contribution < -0.4 is 16.0 Å². The molecular formula is C14H23N5OS. The molecule has 1 saturated heterocycles. The fourth-order valence-corrected chi connectivity index (χ4v) is 3.70. The quantitative estimate of drug-likeness (QED) is 0.873. The molecule has 2 fully saturated rings. The van der Waals surface area contributed by atoms with Crippen molar-refractivity contribution in [2.75, 3.05) is 36.8 Å². The maximum absolute atomic E-state index is 12.4. The lowest BCUT2D eigenvalue weighted by Gasteiger charge is -2.39. The van der Waals surface area contributed by atoms with Gasteiger partial charge in [0, 0.05) is 31.7 Å². The molecule has 1 aromatic rings. The van der Waals surface area contributed by atoms with Crippen LogP contribution >= 0.6 is 11.5 Å². The van der Waals surface area contributed by atoms with Crippen molar-refractivity contribution in [3.05, 3.63) is 5.56 Å². The van der Waals surface area contributed by atoms with E-state index < -0.39 is 0 Å². The summed E-state index contributed by atoms with van der Waals surface area (Å²) >= 11 is 1.34. The topological polar surface area (TPSA) is 74.5 Å². The van der Waals surface area contributed by atoms with Gasteiger partial charge in [-0.25, -0.2) is 0 Å². The highest BCUT2D eigenvalue weighted by molar-refractivity contribution is 7.11. The zero-order valence-corrected chi connectivity index (χ0v) is 13.4. The number of carbonyl (C=O) groups is 1. The highest BCUT2D eigenvalue weighted by atomic mass is 32.1. The number of anilines is 2. The van der Waals surface area contributed by atoms with Gasteiger partial charge in [0.25, 0.3) is 5.91 Å². The average molecular weight is 309 g/mol. The zero-order valence-electron chi connectivity index (χ0n) is 12.6. The van der Waals surface area contributed by atoms with Crippen molar-refractivity contribution in [2.24, 2.45) is 0 Å². The third-order valence-corrected chi connectivity index (χ3v) is 5.22. The van der Waals surface area contributed by atoms with Crippen LogP contribution in [0.3, 0.4) is 0 Å². The van der Waals surface area contributed by atoms with Gasteiger partial charge in [0.2, 0.25) is 0 Å². The second kappa shape index (κ2) is 5.81. The standard InChI is InChI=1S/C14H23N5OS/c1-3-18-6-7-19(8-9(18)2)14-11(12(15)17-21-14)13(20)16-10-4-5-10/h9-10H,3-8H2,1-2H3,(H2,15,17)(H,16,20). The normalized spacial score (nSPS) is 23.3. The van der Waals surface area contributed by atoms with Crippen molar-refractivity contribution >= 4 is 28.3 Å². The number of rotatable bonds is 4. The van der Waals surface area contributed by atoms with Gasteiger partial charge in [-0.1, -0.05) is 6.92 Å². The van der Waals surface area contributed by atoms with Gasteiger partial charge in [-0.3, -0.25) is 9.69 Å². The number of aromatic nitrogens is 1. The van der Waals surface area contributed by atoms with Crippen LogP contribution in [0.25, 0.3) is 0 Å². The van der Waals surface area contributed by atoms with E-state index in [1.165, 1.54) is 11.5 Å². The van der Waals surface area contributed by atoms with E-state index in [2.05, 4.69) is 33.3 Å². The third kappa shape index (κ3) is 2.98. The van der Waals surface area contributed by atoms with E-state index in [1.54, 1.807) is 0 Å². The Labute approximate surface area is 129 Å². The Morgan fingerprint density at radius 1 is 1.48 bits per heavy atom. The molecule has 3 rings (SSSR count). The molecule has 3 N–H and O–H groups in total. The second-order valence-corrected chi connectivity index (χ2v) is 6.67. The molecule has 0 bridgehead atoms. The molecule has 116 valence electrons. The van der Waals surface area contributed by atoms with Gasteiger partial charge < -0.3 is 16.0 Å². The molecule has 1 amide bonds. The first-order valence-corrected chi connectivity index (χ1v) is 8.42. The minimum atomic E-state index is -0.0654. The lowest BCUT2D eigenvalue weighted by Crippen LogP contribution is -2.51. The first-order valence-electron chi connectivity index (χ1n) is 7.65. The molecule has 1 atom stereocenters. The molecule has 0 aromatic carbocycles. The first kappa shape index (κ1) is 14.6. The van der Waals surface area contributed by atoms with Gasteiger partial charge in [0.1, 0.15) is 10.6 Å². The van der Waals surface area contributed by atoms with Crippen LogP contribution in [-0.4, -0.2) is 53.4 Å². The summed E-state index contributed by atoms with van der Waals surface area (Å²) in [6, 6.07) is 0.812. The lowest BCUT2D eigenvalue weighted by molar-refractivity contribution is 0.0952. The van der Waals surface area contributed by atoms with Gasteiger partial charge in [-0.05, 0) is 37.8 Å². The van der Waals surface area contributed by atoms with E-state index in [9.17, 15) is 4.79 Å². The average Bonchev–Trinajstić information content (AvgIpc) is 3.18. The zero-order chi connectivity index (χ0) is 15.0. The van der Waals surface area contributed by atoms with E-state index in [-0.39, 0.29) is 5.91 Å². The molecule has 0 spiro atoms. The molecule has 2 aliphatic rings. The molecule has 2 heterocycles. The largest absolute Gasteiger partial charge is 0.382 e. The molecule has 1 aromatic heterocycles. The number of piperazine rings is 1. The van der Waals surface area contributed by atoms with Crippen LogP contribution in [-0.2, 0) is 0 Å². The van der Waals surface area contributed by atoms with Crippen LogP contribution in [0, 0.1) is 0 Å². The summed E-state index contributed by atoms with van der Waals surface area (Å²) in [7, 11) is 0. The van der Waals surface area contributed by atoms with Crippen LogP contribution in [0.15, 0.2) is 0 Å². The van der Waals surface area contributed by atoms with Gasteiger partial charge in [-0.15, -0.1) is 0 Å². The highest BCUT2D eigenvalue weighted by Gasteiger charge is 2.31. The number of likely N-dealkylation sites (N-methyl/N-ethyl adjacent to an activating group) is 1. The summed E-state index contributed by atoms with van der Waals surface area (Å²) in [5.74, 6) is 0.294. The third-order valence-electron chi connectivity index (χ3n) is 4.30. The van der Waals surface area contributed by atoms with Crippen LogP contribution in [0.5, 0.6) is 0 Å². The number of nitrogens with one attached hydrogen (secondary N) is 1. The van der Waals surface area contributed by atoms with Gasteiger partial charge in [-0.2, -0.15) is 4.37 Å². The van der Waals surface area contributed by atoms with Crippen molar-refractivity contribution in [1.29, 1.82) is 0 Å². The number of nitrogen functional groups attached to an aromatic ring is 1. The predicted octanol–water partition coefficient (Wildman–Crippen LogP) is 1.15. The Hall–Kier alpha value is -1.34. The number of nitrogens with two attached hydrogens (primary N) is 1. The van der Waals surface area contributed by atoms with Crippen molar-refractivity contribution in [3.63, 3.8) is 0 Å². The molecular weight excluding hydrogens is 286 g/mol. The highest BCUT2D eigenvalue weighted by Crippen LogP contribution is 2.33.